The number of benzene rings is 2. The molecule has 1 amide bonds. The molecule has 180 valence electrons. The van der Waals surface area contributed by atoms with Crippen LogP contribution in [0.4, 0.5) is 5.13 Å². The summed E-state index contributed by atoms with van der Waals surface area (Å²) < 4.78 is 21.9. The molecule has 1 fully saturated rings. The van der Waals surface area contributed by atoms with Crippen LogP contribution in [0.15, 0.2) is 42.0 Å². The summed E-state index contributed by atoms with van der Waals surface area (Å²) >= 11 is 1.17. The highest BCUT2D eigenvalue weighted by Crippen LogP contribution is 2.45. The second kappa shape index (κ2) is 8.91. The zero-order chi connectivity index (χ0) is 24.7. The number of carbonyl (C=O) groups is 2. The number of carbonyl (C=O) groups excluding carboxylic acids is 2. The van der Waals surface area contributed by atoms with E-state index < -0.39 is 17.7 Å². The van der Waals surface area contributed by atoms with Crippen molar-refractivity contribution in [3.8, 4) is 23.0 Å². The number of rotatable bonds is 5. The van der Waals surface area contributed by atoms with E-state index in [1.807, 2.05) is 0 Å². The normalized spacial score (nSPS) is 18.6. The maximum atomic E-state index is 13.3. The number of hydrogen-bond donors (Lipinski definition) is 1. The van der Waals surface area contributed by atoms with Crippen molar-refractivity contribution in [3.63, 3.8) is 0 Å². The van der Waals surface area contributed by atoms with Crippen LogP contribution in [0.2, 0.25) is 0 Å². The van der Waals surface area contributed by atoms with Gasteiger partial charge in [-0.05, 0) is 42.8 Å². The summed E-state index contributed by atoms with van der Waals surface area (Å²) in [5.74, 6) is -0.143. The van der Waals surface area contributed by atoms with Gasteiger partial charge in [-0.2, -0.15) is 0 Å². The molecular weight excluding hydrogens is 474 g/mol. The Labute approximate surface area is 204 Å². The van der Waals surface area contributed by atoms with Gasteiger partial charge in [0.15, 0.2) is 23.0 Å². The fraction of sp³-hybridized carbons (Fsp3) is 0.250. The number of anilines is 1. The van der Waals surface area contributed by atoms with Crippen molar-refractivity contribution in [1.29, 1.82) is 0 Å². The van der Waals surface area contributed by atoms with Crippen molar-refractivity contribution in [3.05, 3.63) is 58.1 Å². The van der Waals surface area contributed by atoms with E-state index in [1.54, 1.807) is 43.3 Å². The van der Waals surface area contributed by atoms with Crippen LogP contribution in [0.3, 0.4) is 0 Å². The van der Waals surface area contributed by atoms with Gasteiger partial charge in [-0.1, -0.05) is 17.4 Å². The molecule has 1 saturated heterocycles. The van der Waals surface area contributed by atoms with Crippen molar-refractivity contribution in [2.45, 2.75) is 13.0 Å². The van der Waals surface area contributed by atoms with Gasteiger partial charge >= 0.3 is 5.91 Å². The summed E-state index contributed by atoms with van der Waals surface area (Å²) in [6.45, 7) is 2.53. The summed E-state index contributed by atoms with van der Waals surface area (Å²) in [6.07, 6.45) is 0. The summed E-state index contributed by atoms with van der Waals surface area (Å²) in [7, 11) is 3.00. The number of aromatic nitrogens is 2. The molecule has 1 N–H and O–H groups in total. The topological polar surface area (TPSA) is 120 Å². The van der Waals surface area contributed by atoms with Gasteiger partial charge in [0.2, 0.25) is 5.13 Å². The van der Waals surface area contributed by atoms with Crippen LogP contribution in [0.1, 0.15) is 22.2 Å². The zero-order valence-electron chi connectivity index (χ0n) is 19.1. The van der Waals surface area contributed by atoms with E-state index in [4.69, 9.17) is 18.9 Å². The standard InChI is InChI=1S/C24H21N3O7S/c1-12-25-26-24(35-12)27-20(13-4-6-15(31-2)17(10-13)32-3)19(22(29)23(27)30)21(28)14-5-7-16-18(11-14)34-9-8-33-16/h4-7,10-11,20,28H,8-9H2,1-3H3/t20-/m0/s1. The average Bonchev–Trinajstić information content (AvgIpc) is 3.42. The van der Waals surface area contributed by atoms with Gasteiger partial charge in [-0.25, -0.2) is 0 Å². The number of hydrogen-bond acceptors (Lipinski definition) is 10. The molecule has 0 spiro atoms. The number of amides is 1. The number of aliphatic hydroxyl groups excluding tert-OH is 1. The molecule has 5 rings (SSSR count). The average molecular weight is 496 g/mol. The number of aliphatic hydroxyl groups is 1. The molecule has 2 aliphatic heterocycles. The number of Topliss-reactive ketones (excluding diaryl/α,β-unsaturated/α-hetero) is 1. The molecule has 0 saturated carbocycles. The van der Waals surface area contributed by atoms with Gasteiger partial charge in [0.25, 0.3) is 5.78 Å². The molecule has 1 atom stereocenters. The van der Waals surface area contributed by atoms with Gasteiger partial charge in [0.1, 0.15) is 24.0 Å². The molecule has 0 radical (unpaired) electrons. The first-order chi connectivity index (χ1) is 16.9. The first-order valence-corrected chi connectivity index (χ1v) is 11.5. The van der Waals surface area contributed by atoms with Crippen LogP contribution in [0, 0.1) is 6.92 Å². The molecule has 35 heavy (non-hydrogen) atoms. The van der Waals surface area contributed by atoms with Gasteiger partial charge in [0.05, 0.1) is 25.8 Å². The number of nitrogens with zero attached hydrogens (tertiary/aromatic N) is 3. The number of ketones is 1. The first kappa shape index (κ1) is 22.7. The lowest BCUT2D eigenvalue weighted by molar-refractivity contribution is -0.132. The number of fused-ring (bicyclic) bond motifs is 1. The Morgan fingerprint density at radius 1 is 1.03 bits per heavy atom. The summed E-state index contributed by atoms with van der Waals surface area (Å²) in [5.41, 5.74) is 0.742. The lowest BCUT2D eigenvalue weighted by Gasteiger charge is -2.23. The molecule has 2 aliphatic rings. The summed E-state index contributed by atoms with van der Waals surface area (Å²) in [4.78, 5) is 27.8. The van der Waals surface area contributed by atoms with Crippen molar-refractivity contribution in [1.82, 2.24) is 10.2 Å². The van der Waals surface area contributed by atoms with E-state index in [0.717, 1.165) is 0 Å². The fourth-order valence-corrected chi connectivity index (χ4v) is 4.81. The van der Waals surface area contributed by atoms with Gasteiger partial charge < -0.3 is 24.1 Å². The summed E-state index contributed by atoms with van der Waals surface area (Å²) in [5, 5.41) is 20.3. The van der Waals surface area contributed by atoms with Crippen LogP contribution >= 0.6 is 11.3 Å². The van der Waals surface area contributed by atoms with Gasteiger partial charge in [-0.3, -0.25) is 14.5 Å². The lowest BCUT2D eigenvalue weighted by Crippen LogP contribution is -2.29. The molecule has 0 bridgehead atoms. The smallest absolute Gasteiger partial charge is 0.301 e. The predicted octanol–water partition coefficient (Wildman–Crippen LogP) is 3.26. The second-order valence-corrected chi connectivity index (χ2v) is 8.91. The number of methoxy groups -OCH3 is 2. The Morgan fingerprint density at radius 3 is 2.46 bits per heavy atom. The molecule has 1 aromatic heterocycles. The van der Waals surface area contributed by atoms with Crippen molar-refractivity contribution < 1.29 is 33.6 Å². The predicted molar refractivity (Wildman–Crippen MR) is 126 cm³/mol. The minimum Gasteiger partial charge on any atom is -0.507 e. The largest absolute Gasteiger partial charge is 0.507 e. The molecular formula is C24H21N3O7S. The van der Waals surface area contributed by atoms with E-state index in [9.17, 15) is 14.7 Å². The molecule has 0 unspecified atom stereocenters. The highest BCUT2D eigenvalue weighted by Gasteiger charge is 2.48. The van der Waals surface area contributed by atoms with E-state index >= 15 is 0 Å². The van der Waals surface area contributed by atoms with E-state index in [0.29, 0.717) is 52.3 Å². The Hall–Kier alpha value is -4.12. The Balaban J connectivity index is 1.70. The van der Waals surface area contributed by atoms with Gasteiger partial charge in [0, 0.05) is 5.56 Å². The maximum Gasteiger partial charge on any atom is 0.301 e. The van der Waals surface area contributed by atoms with E-state index in [2.05, 4.69) is 10.2 Å². The van der Waals surface area contributed by atoms with Gasteiger partial charge in [-0.15, -0.1) is 10.2 Å². The number of aryl methyl sites for hydroxylation is 1. The molecule has 2 aromatic carbocycles. The van der Waals surface area contributed by atoms with Crippen LogP contribution in [0.5, 0.6) is 23.0 Å². The molecule has 10 nitrogen and oxygen atoms in total. The maximum absolute atomic E-state index is 13.3. The highest BCUT2D eigenvalue weighted by molar-refractivity contribution is 7.15. The van der Waals surface area contributed by atoms with E-state index in [-0.39, 0.29) is 16.5 Å². The second-order valence-electron chi connectivity index (χ2n) is 7.75. The Morgan fingerprint density at radius 2 is 1.77 bits per heavy atom. The van der Waals surface area contributed by atoms with Crippen LogP contribution in [-0.2, 0) is 9.59 Å². The van der Waals surface area contributed by atoms with Crippen LogP contribution in [-0.4, -0.2) is 54.4 Å². The minimum absolute atomic E-state index is 0.0910. The third-order valence-corrected chi connectivity index (χ3v) is 6.54. The van der Waals surface area contributed by atoms with Crippen LogP contribution < -0.4 is 23.8 Å². The first-order valence-electron chi connectivity index (χ1n) is 10.7. The molecule has 0 aliphatic carbocycles. The van der Waals surface area contributed by atoms with Crippen molar-refractivity contribution in [2.75, 3.05) is 32.3 Å². The quantitative estimate of drug-likeness (QED) is 0.323. The highest BCUT2D eigenvalue weighted by atomic mass is 32.1. The zero-order valence-corrected chi connectivity index (χ0v) is 19.9. The Kier molecular flexibility index (Phi) is 5.77. The molecule has 11 heteroatoms. The Bertz CT molecular complexity index is 1370. The van der Waals surface area contributed by atoms with E-state index in [1.165, 1.54) is 30.5 Å². The SMILES string of the molecule is COc1ccc([C@H]2C(=C(O)c3ccc4c(c3)OCCO4)C(=O)C(=O)N2c2nnc(C)s2)cc1OC. The van der Waals surface area contributed by atoms with Crippen LogP contribution in [0.25, 0.3) is 5.76 Å². The number of ether oxygens (including phenoxy) is 4. The lowest BCUT2D eigenvalue weighted by atomic mass is 9.95. The third-order valence-electron chi connectivity index (χ3n) is 5.70. The molecule has 3 aromatic rings. The summed E-state index contributed by atoms with van der Waals surface area (Å²) in [6, 6.07) is 8.90. The molecule has 3 heterocycles. The fourth-order valence-electron chi connectivity index (χ4n) is 4.10. The third kappa shape index (κ3) is 3.83. The van der Waals surface area contributed by atoms with Crippen molar-refractivity contribution >= 4 is 33.9 Å². The minimum atomic E-state index is -0.977. The van der Waals surface area contributed by atoms with Crippen molar-refractivity contribution in [2.24, 2.45) is 0 Å². The monoisotopic (exact) mass is 495 g/mol.